The van der Waals surface area contributed by atoms with E-state index < -0.39 is 12.0 Å². The van der Waals surface area contributed by atoms with E-state index in [4.69, 9.17) is 14.2 Å². The predicted molar refractivity (Wildman–Crippen MR) is 122 cm³/mol. The molecule has 2 aromatic heterocycles. The van der Waals surface area contributed by atoms with Gasteiger partial charge in [0.25, 0.3) is 5.56 Å². The van der Waals surface area contributed by atoms with E-state index in [1.807, 2.05) is 41.8 Å². The molecule has 2 aliphatic heterocycles. The SMILES string of the molecule is CCOC(=O)C1=C(C)N=c2s/c(=C\c3ccc4c(c3)OCCO4)c(=O)n2[C@@H]1c1cccs1. The number of carbonyl (C=O) groups is 1. The van der Waals surface area contributed by atoms with E-state index in [0.717, 1.165) is 10.4 Å². The van der Waals surface area contributed by atoms with Crippen molar-refractivity contribution in [2.45, 2.75) is 19.9 Å². The lowest BCUT2D eigenvalue weighted by Gasteiger charge is -2.23. The van der Waals surface area contributed by atoms with Gasteiger partial charge in [-0.15, -0.1) is 11.3 Å². The van der Waals surface area contributed by atoms with Gasteiger partial charge in [-0.3, -0.25) is 9.36 Å². The first-order chi connectivity index (χ1) is 15.6. The maximum absolute atomic E-state index is 13.5. The maximum atomic E-state index is 13.5. The van der Waals surface area contributed by atoms with Crippen molar-refractivity contribution in [1.29, 1.82) is 0 Å². The molecule has 0 aliphatic carbocycles. The van der Waals surface area contributed by atoms with Crippen molar-refractivity contribution in [1.82, 2.24) is 4.57 Å². The van der Waals surface area contributed by atoms with Crippen LogP contribution in [0.1, 0.15) is 30.3 Å². The van der Waals surface area contributed by atoms with Gasteiger partial charge in [0.2, 0.25) is 0 Å². The van der Waals surface area contributed by atoms with Gasteiger partial charge >= 0.3 is 5.97 Å². The summed E-state index contributed by atoms with van der Waals surface area (Å²) in [5.74, 6) is 0.908. The Morgan fingerprint density at radius 3 is 2.84 bits per heavy atom. The van der Waals surface area contributed by atoms with Crippen molar-refractivity contribution >= 4 is 34.7 Å². The third-order valence-electron chi connectivity index (χ3n) is 5.19. The first-order valence-corrected chi connectivity index (χ1v) is 11.9. The number of rotatable bonds is 4. The minimum atomic E-state index is -0.562. The zero-order chi connectivity index (χ0) is 22.2. The number of hydrogen-bond acceptors (Lipinski definition) is 8. The Labute approximate surface area is 191 Å². The zero-order valence-electron chi connectivity index (χ0n) is 17.5. The van der Waals surface area contributed by atoms with Crippen LogP contribution < -0.4 is 24.4 Å². The van der Waals surface area contributed by atoms with Crippen LogP contribution in [-0.2, 0) is 9.53 Å². The summed E-state index contributed by atoms with van der Waals surface area (Å²) < 4.78 is 18.6. The Hall–Kier alpha value is -3.17. The molecule has 0 spiro atoms. The normalized spacial score (nSPS) is 17.7. The van der Waals surface area contributed by atoms with Gasteiger partial charge < -0.3 is 14.2 Å². The smallest absolute Gasteiger partial charge is 0.338 e. The third kappa shape index (κ3) is 3.57. The summed E-state index contributed by atoms with van der Waals surface area (Å²) in [5.41, 5.74) is 1.59. The molecule has 5 rings (SSSR count). The highest BCUT2D eigenvalue weighted by molar-refractivity contribution is 7.10. The number of thiophene rings is 1. The van der Waals surface area contributed by atoms with Crippen molar-refractivity contribution in [2.75, 3.05) is 19.8 Å². The van der Waals surface area contributed by atoms with Crippen LogP contribution in [0.5, 0.6) is 11.5 Å². The lowest BCUT2D eigenvalue weighted by atomic mass is 10.0. The maximum Gasteiger partial charge on any atom is 0.338 e. The van der Waals surface area contributed by atoms with Gasteiger partial charge in [0, 0.05) is 4.88 Å². The molecule has 32 heavy (non-hydrogen) atoms. The number of hydrogen-bond donors (Lipinski definition) is 0. The number of esters is 1. The molecule has 0 fully saturated rings. The van der Waals surface area contributed by atoms with Crippen LogP contribution in [-0.4, -0.2) is 30.4 Å². The van der Waals surface area contributed by atoms with E-state index in [-0.39, 0.29) is 12.2 Å². The number of thiazole rings is 1. The average Bonchev–Trinajstić information content (AvgIpc) is 3.42. The molecule has 1 atom stereocenters. The van der Waals surface area contributed by atoms with E-state index in [1.54, 1.807) is 18.4 Å². The molecule has 4 heterocycles. The van der Waals surface area contributed by atoms with Crippen molar-refractivity contribution < 1.29 is 19.0 Å². The Kier molecular flexibility index (Phi) is 5.44. The van der Waals surface area contributed by atoms with Crippen LogP contribution in [0.2, 0.25) is 0 Å². The molecule has 0 saturated heterocycles. The fraction of sp³-hybridized carbons (Fsp3) is 0.261. The fourth-order valence-corrected chi connectivity index (χ4v) is 5.68. The summed E-state index contributed by atoms with van der Waals surface area (Å²) in [7, 11) is 0. The number of aromatic nitrogens is 1. The number of nitrogens with zero attached hydrogens (tertiary/aromatic N) is 2. The lowest BCUT2D eigenvalue weighted by Crippen LogP contribution is -2.39. The summed E-state index contributed by atoms with van der Waals surface area (Å²) in [6.07, 6.45) is 1.82. The number of allylic oxidation sites excluding steroid dienone is 1. The van der Waals surface area contributed by atoms with E-state index in [2.05, 4.69) is 4.99 Å². The van der Waals surface area contributed by atoms with Gasteiger partial charge in [0.05, 0.1) is 22.4 Å². The second-order valence-corrected chi connectivity index (χ2v) is 9.21. The fourth-order valence-electron chi connectivity index (χ4n) is 3.81. The largest absolute Gasteiger partial charge is 0.486 e. The molecule has 0 amide bonds. The minimum Gasteiger partial charge on any atom is -0.486 e. The van der Waals surface area contributed by atoms with Gasteiger partial charge in [-0.25, -0.2) is 9.79 Å². The standard InChI is InChI=1S/C23H20N2O5S2/c1-3-28-22(27)19-13(2)24-23-25(20(19)17-5-4-10-31-17)21(26)18(32-23)12-14-6-7-15-16(11-14)30-9-8-29-15/h4-7,10-12,20H,3,8-9H2,1-2H3/b18-12-/t20-/m1/s1. The van der Waals surface area contributed by atoms with Crippen molar-refractivity contribution in [3.8, 4) is 11.5 Å². The summed E-state index contributed by atoms with van der Waals surface area (Å²) in [5, 5.41) is 1.93. The molecule has 0 unspecified atom stereocenters. The van der Waals surface area contributed by atoms with Crippen LogP contribution in [0.25, 0.3) is 6.08 Å². The predicted octanol–water partition coefficient (Wildman–Crippen LogP) is 2.63. The van der Waals surface area contributed by atoms with Crippen molar-refractivity contribution in [3.05, 3.63) is 77.1 Å². The molecule has 0 bridgehead atoms. The van der Waals surface area contributed by atoms with E-state index in [0.29, 0.717) is 45.3 Å². The van der Waals surface area contributed by atoms with E-state index in [9.17, 15) is 9.59 Å². The van der Waals surface area contributed by atoms with Crippen LogP contribution in [0, 0.1) is 0 Å². The van der Waals surface area contributed by atoms with Gasteiger partial charge in [-0.1, -0.05) is 23.5 Å². The minimum absolute atomic E-state index is 0.198. The van der Waals surface area contributed by atoms with Crippen LogP contribution >= 0.6 is 22.7 Å². The van der Waals surface area contributed by atoms with Gasteiger partial charge in [0.1, 0.15) is 19.3 Å². The summed E-state index contributed by atoms with van der Waals surface area (Å²) in [6.45, 7) is 4.81. The molecule has 164 valence electrons. The number of ether oxygens (including phenoxy) is 3. The second kappa shape index (κ2) is 8.40. The third-order valence-corrected chi connectivity index (χ3v) is 7.10. The lowest BCUT2D eigenvalue weighted by molar-refractivity contribution is -0.139. The number of fused-ring (bicyclic) bond motifs is 2. The number of carbonyl (C=O) groups excluding carboxylic acids is 1. The first kappa shape index (κ1) is 20.7. The molecule has 0 N–H and O–H groups in total. The van der Waals surface area contributed by atoms with Crippen molar-refractivity contribution in [2.24, 2.45) is 4.99 Å². The summed E-state index contributed by atoms with van der Waals surface area (Å²) in [6, 6.07) is 8.85. The highest BCUT2D eigenvalue weighted by Gasteiger charge is 2.33. The Balaban J connectivity index is 1.66. The monoisotopic (exact) mass is 468 g/mol. The number of benzene rings is 1. The van der Waals surface area contributed by atoms with Crippen LogP contribution in [0.4, 0.5) is 0 Å². The van der Waals surface area contributed by atoms with Gasteiger partial charge in [0.15, 0.2) is 16.3 Å². The van der Waals surface area contributed by atoms with Crippen molar-refractivity contribution in [3.63, 3.8) is 0 Å². The molecular formula is C23H20N2O5S2. The van der Waals surface area contributed by atoms with Crippen LogP contribution in [0.3, 0.4) is 0 Å². The van der Waals surface area contributed by atoms with Crippen LogP contribution in [0.15, 0.2) is 56.8 Å². The second-order valence-electron chi connectivity index (χ2n) is 7.22. The Morgan fingerprint density at radius 2 is 2.09 bits per heavy atom. The Morgan fingerprint density at radius 1 is 1.28 bits per heavy atom. The van der Waals surface area contributed by atoms with E-state index >= 15 is 0 Å². The van der Waals surface area contributed by atoms with E-state index in [1.165, 1.54) is 22.7 Å². The topological polar surface area (TPSA) is 79.1 Å². The average molecular weight is 469 g/mol. The molecule has 0 radical (unpaired) electrons. The molecule has 3 aromatic rings. The zero-order valence-corrected chi connectivity index (χ0v) is 19.1. The molecule has 2 aliphatic rings. The molecule has 7 nitrogen and oxygen atoms in total. The molecule has 1 aromatic carbocycles. The summed E-state index contributed by atoms with van der Waals surface area (Å²) >= 11 is 2.79. The molecule has 0 saturated carbocycles. The van der Waals surface area contributed by atoms with Gasteiger partial charge in [-0.05, 0) is 49.1 Å². The quantitative estimate of drug-likeness (QED) is 0.550. The van der Waals surface area contributed by atoms with Gasteiger partial charge in [-0.2, -0.15) is 0 Å². The summed E-state index contributed by atoms with van der Waals surface area (Å²) in [4.78, 5) is 32.3. The molecule has 9 heteroatoms. The first-order valence-electron chi connectivity index (χ1n) is 10.2. The highest BCUT2D eigenvalue weighted by Crippen LogP contribution is 2.33. The Bertz CT molecular complexity index is 1400. The molecular weight excluding hydrogens is 448 g/mol. The highest BCUT2D eigenvalue weighted by atomic mass is 32.1.